The van der Waals surface area contributed by atoms with Gasteiger partial charge in [-0.05, 0) is 43.2 Å². The number of carbonyl (C=O) groups is 2. The van der Waals surface area contributed by atoms with Crippen LogP contribution in [0.4, 0.5) is 14.6 Å². The number of nitrogens with one attached hydrogen (secondary N) is 2. The molecule has 3 aromatic rings. The molecule has 4 rings (SSSR count). The lowest BCUT2D eigenvalue weighted by molar-refractivity contribution is 0.0933. The lowest BCUT2D eigenvalue weighted by atomic mass is 10.2. The van der Waals surface area contributed by atoms with Crippen LogP contribution in [0.2, 0.25) is 0 Å². The van der Waals surface area contributed by atoms with Gasteiger partial charge in [-0.1, -0.05) is 18.9 Å². The van der Waals surface area contributed by atoms with Crippen LogP contribution in [0.1, 0.15) is 46.5 Å². The van der Waals surface area contributed by atoms with Crippen molar-refractivity contribution in [1.29, 1.82) is 0 Å². The summed E-state index contributed by atoms with van der Waals surface area (Å²) in [6.45, 7) is 0. The maximum Gasteiger partial charge on any atom is 0.272 e. The molecule has 144 valence electrons. The van der Waals surface area contributed by atoms with Gasteiger partial charge >= 0.3 is 0 Å². The van der Waals surface area contributed by atoms with Crippen molar-refractivity contribution in [2.45, 2.75) is 31.7 Å². The second-order valence-corrected chi connectivity index (χ2v) is 6.78. The van der Waals surface area contributed by atoms with Crippen LogP contribution in [0.5, 0.6) is 0 Å². The van der Waals surface area contributed by atoms with Crippen LogP contribution in [-0.2, 0) is 0 Å². The Bertz CT molecular complexity index is 1060. The Hall–Kier alpha value is -3.29. The summed E-state index contributed by atoms with van der Waals surface area (Å²) < 4.78 is 28.1. The summed E-state index contributed by atoms with van der Waals surface area (Å²) >= 11 is 0. The first kappa shape index (κ1) is 18.1. The Balaban J connectivity index is 1.66. The van der Waals surface area contributed by atoms with E-state index in [0.29, 0.717) is 5.65 Å². The molecule has 1 saturated carbocycles. The molecule has 0 radical (unpaired) electrons. The molecule has 0 atom stereocenters. The molecule has 0 saturated heterocycles. The van der Waals surface area contributed by atoms with E-state index in [1.807, 2.05) is 0 Å². The zero-order chi connectivity index (χ0) is 19.7. The van der Waals surface area contributed by atoms with E-state index in [2.05, 4.69) is 15.6 Å². The highest BCUT2D eigenvalue weighted by Crippen LogP contribution is 2.22. The maximum absolute atomic E-state index is 13.4. The second-order valence-electron chi connectivity index (χ2n) is 6.78. The number of amides is 2. The van der Waals surface area contributed by atoms with Crippen LogP contribution in [0.25, 0.3) is 5.65 Å². The predicted molar refractivity (Wildman–Crippen MR) is 99.2 cm³/mol. The molecule has 8 heteroatoms. The minimum atomic E-state index is -1.12. The van der Waals surface area contributed by atoms with E-state index in [9.17, 15) is 18.4 Å². The van der Waals surface area contributed by atoms with Crippen LogP contribution >= 0.6 is 0 Å². The first-order chi connectivity index (χ1) is 13.5. The number of benzene rings is 1. The van der Waals surface area contributed by atoms with E-state index in [-0.39, 0.29) is 29.0 Å². The van der Waals surface area contributed by atoms with Crippen LogP contribution in [0.15, 0.2) is 42.6 Å². The molecular formula is C20H18F2N4O2. The fraction of sp³-hybridized carbons (Fsp3) is 0.250. The molecule has 2 heterocycles. The molecular weight excluding hydrogens is 366 g/mol. The van der Waals surface area contributed by atoms with Crippen LogP contribution in [0, 0.1) is 11.6 Å². The summed E-state index contributed by atoms with van der Waals surface area (Å²) in [5.41, 5.74) is 0.608. The van der Waals surface area contributed by atoms with Gasteiger partial charge in [0.15, 0.2) is 23.1 Å². The third kappa shape index (κ3) is 3.45. The molecule has 2 N–H and O–H groups in total. The Morgan fingerprint density at radius 2 is 1.82 bits per heavy atom. The molecule has 1 aromatic carbocycles. The zero-order valence-corrected chi connectivity index (χ0v) is 14.9. The van der Waals surface area contributed by atoms with E-state index < -0.39 is 17.5 Å². The van der Waals surface area contributed by atoms with Crippen molar-refractivity contribution in [3.8, 4) is 0 Å². The predicted octanol–water partition coefficient (Wildman–Crippen LogP) is 3.54. The summed E-state index contributed by atoms with van der Waals surface area (Å²) in [7, 11) is 0. The molecule has 1 fully saturated rings. The monoisotopic (exact) mass is 384 g/mol. The average Bonchev–Trinajstić information content (AvgIpc) is 3.30. The molecule has 0 unspecified atom stereocenters. The van der Waals surface area contributed by atoms with Crippen LogP contribution in [-0.4, -0.2) is 27.2 Å². The van der Waals surface area contributed by atoms with Gasteiger partial charge in [-0.3, -0.25) is 14.0 Å². The number of fused-ring (bicyclic) bond motifs is 1. The smallest absolute Gasteiger partial charge is 0.272 e. The third-order valence-electron chi connectivity index (χ3n) is 4.85. The van der Waals surface area contributed by atoms with Gasteiger partial charge in [0.05, 0.1) is 0 Å². The minimum Gasteiger partial charge on any atom is -0.348 e. The quantitative estimate of drug-likeness (QED) is 0.723. The normalized spacial score (nSPS) is 14.4. The number of aromatic nitrogens is 2. The topological polar surface area (TPSA) is 75.5 Å². The number of pyridine rings is 1. The van der Waals surface area contributed by atoms with Gasteiger partial charge in [-0.15, -0.1) is 0 Å². The number of anilines is 1. The van der Waals surface area contributed by atoms with Gasteiger partial charge in [-0.25, -0.2) is 13.8 Å². The fourth-order valence-corrected chi connectivity index (χ4v) is 3.44. The van der Waals surface area contributed by atoms with Crippen molar-refractivity contribution in [1.82, 2.24) is 14.7 Å². The standard InChI is InChI=1S/C20H18F2N4O2/c21-14-9-8-12(11-15(14)22)19(27)25-18-17(20(28)23-13-5-1-2-6-13)26-10-4-3-7-16(26)24-18/h3-4,7-11,13H,1-2,5-6H2,(H,23,28)(H,25,27). The van der Waals surface area contributed by atoms with Crippen molar-refractivity contribution in [2.75, 3.05) is 5.32 Å². The number of hydrogen-bond donors (Lipinski definition) is 2. The molecule has 0 spiro atoms. The van der Waals surface area contributed by atoms with E-state index in [4.69, 9.17) is 0 Å². The zero-order valence-electron chi connectivity index (χ0n) is 14.9. The fourth-order valence-electron chi connectivity index (χ4n) is 3.44. The lowest BCUT2D eigenvalue weighted by Gasteiger charge is -2.13. The molecule has 1 aliphatic carbocycles. The minimum absolute atomic E-state index is 0.0661. The highest BCUT2D eigenvalue weighted by molar-refractivity contribution is 6.08. The summed E-state index contributed by atoms with van der Waals surface area (Å²) in [4.78, 5) is 29.7. The van der Waals surface area contributed by atoms with Gasteiger partial charge in [0.2, 0.25) is 0 Å². The number of hydrogen-bond acceptors (Lipinski definition) is 3. The van der Waals surface area contributed by atoms with E-state index in [1.165, 1.54) is 6.07 Å². The Labute approximate surface area is 159 Å². The van der Waals surface area contributed by atoms with Gasteiger partial charge in [-0.2, -0.15) is 0 Å². The van der Waals surface area contributed by atoms with Crippen molar-refractivity contribution in [2.24, 2.45) is 0 Å². The highest BCUT2D eigenvalue weighted by atomic mass is 19.2. The largest absolute Gasteiger partial charge is 0.348 e. The highest BCUT2D eigenvalue weighted by Gasteiger charge is 2.25. The summed E-state index contributed by atoms with van der Waals surface area (Å²) in [6, 6.07) is 8.17. The number of imidazole rings is 1. The van der Waals surface area contributed by atoms with Gasteiger partial charge in [0, 0.05) is 17.8 Å². The van der Waals surface area contributed by atoms with Crippen molar-refractivity contribution in [3.63, 3.8) is 0 Å². The molecule has 2 amide bonds. The first-order valence-electron chi connectivity index (χ1n) is 9.07. The van der Waals surface area contributed by atoms with Gasteiger partial charge in [0.25, 0.3) is 11.8 Å². The summed E-state index contributed by atoms with van der Waals surface area (Å²) in [5, 5.41) is 5.53. The van der Waals surface area contributed by atoms with Crippen molar-refractivity contribution < 1.29 is 18.4 Å². The van der Waals surface area contributed by atoms with E-state index in [0.717, 1.165) is 37.8 Å². The number of rotatable bonds is 4. The van der Waals surface area contributed by atoms with Gasteiger partial charge in [0.1, 0.15) is 5.65 Å². The van der Waals surface area contributed by atoms with Crippen molar-refractivity contribution >= 4 is 23.3 Å². The second kappa shape index (κ2) is 7.38. The number of carbonyl (C=O) groups excluding carboxylic acids is 2. The molecule has 1 aliphatic rings. The number of nitrogens with zero attached hydrogens (tertiary/aromatic N) is 2. The van der Waals surface area contributed by atoms with Crippen LogP contribution in [0.3, 0.4) is 0 Å². The molecule has 2 aromatic heterocycles. The molecule has 0 bridgehead atoms. The molecule has 0 aliphatic heterocycles. The Morgan fingerprint density at radius 3 is 2.57 bits per heavy atom. The number of halogens is 2. The first-order valence-corrected chi connectivity index (χ1v) is 9.07. The van der Waals surface area contributed by atoms with Crippen LogP contribution < -0.4 is 10.6 Å². The average molecular weight is 384 g/mol. The third-order valence-corrected chi connectivity index (χ3v) is 4.85. The Kier molecular flexibility index (Phi) is 4.77. The summed E-state index contributed by atoms with van der Waals surface area (Å²) in [6.07, 6.45) is 5.65. The molecule has 28 heavy (non-hydrogen) atoms. The van der Waals surface area contributed by atoms with E-state index >= 15 is 0 Å². The van der Waals surface area contributed by atoms with Crippen molar-refractivity contribution in [3.05, 3.63) is 65.5 Å². The SMILES string of the molecule is O=C(Nc1nc2ccccn2c1C(=O)NC1CCCC1)c1ccc(F)c(F)c1. The lowest BCUT2D eigenvalue weighted by Crippen LogP contribution is -2.34. The molecule has 6 nitrogen and oxygen atoms in total. The Morgan fingerprint density at radius 1 is 1.04 bits per heavy atom. The van der Waals surface area contributed by atoms with E-state index in [1.54, 1.807) is 28.8 Å². The van der Waals surface area contributed by atoms with Gasteiger partial charge < -0.3 is 10.6 Å². The maximum atomic E-state index is 13.4. The summed E-state index contributed by atoms with van der Waals surface area (Å²) in [5.74, 6) is -3.12.